The molecule has 1 aliphatic heterocycles. The van der Waals surface area contributed by atoms with Crippen molar-refractivity contribution in [2.45, 2.75) is 0 Å². The van der Waals surface area contributed by atoms with Crippen molar-refractivity contribution in [3.8, 4) is 0 Å². The lowest BCUT2D eigenvalue weighted by molar-refractivity contribution is 0.103. The summed E-state index contributed by atoms with van der Waals surface area (Å²) in [6, 6.07) is 19.0. The summed E-state index contributed by atoms with van der Waals surface area (Å²) in [5, 5.41) is 6.19. The van der Waals surface area contributed by atoms with Gasteiger partial charge in [-0.2, -0.15) is 0 Å². The van der Waals surface area contributed by atoms with Gasteiger partial charge in [0.25, 0.3) is 0 Å². The molecule has 0 aromatic heterocycles. The number of hydrogen-bond donors (Lipinski definition) is 2. The van der Waals surface area contributed by atoms with Crippen LogP contribution in [-0.2, 0) is 0 Å². The molecule has 3 rings (SSSR count). The normalized spacial score (nSPS) is 13.7. The Kier molecular flexibility index (Phi) is 3.78. The van der Waals surface area contributed by atoms with Crippen LogP contribution in [0.1, 0.15) is 10.4 Å². The summed E-state index contributed by atoms with van der Waals surface area (Å²) in [5.74, 6) is 0.649. The molecule has 0 amide bonds. The number of guanidine groups is 1. The number of rotatable bonds is 3. The van der Waals surface area contributed by atoms with Crippen molar-refractivity contribution in [3.05, 3.63) is 78.0 Å². The van der Waals surface area contributed by atoms with Crippen molar-refractivity contribution in [2.24, 2.45) is 4.99 Å². The third kappa shape index (κ3) is 3.17. The Bertz CT molecular complexity index is 690. The molecule has 0 aliphatic carbocycles. The zero-order valence-electron chi connectivity index (χ0n) is 11.4. The third-order valence-corrected chi connectivity index (χ3v) is 3.15. The molecule has 0 fully saturated rings. The van der Waals surface area contributed by atoms with E-state index in [-0.39, 0.29) is 5.78 Å². The number of ketones is 1. The van der Waals surface area contributed by atoms with Gasteiger partial charge >= 0.3 is 0 Å². The molecule has 2 N–H and O–H groups in total. The first-order valence-electron chi connectivity index (χ1n) is 6.75. The molecule has 0 atom stereocenters. The summed E-state index contributed by atoms with van der Waals surface area (Å²) < 4.78 is 0. The molecule has 1 aliphatic rings. The molecule has 2 aromatic carbocycles. The zero-order valence-corrected chi connectivity index (χ0v) is 11.4. The minimum absolute atomic E-state index is 0.00520. The second kappa shape index (κ2) is 6.05. The van der Waals surface area contributed by atoms with Crippen LogP contribution in [0.5, 0.6) is 0 Å². The molecule has 0 unspecified atom stereocenters. The van der Waals surface area contributed by atoms with Gasteiger partial charge in [0, 0.05) is 23.0 Å². The van der Waals surface area contributed by atoms with Gasteiger partial charge in [-0.05, 0) is 12.1 Å². The fraction of sp³-hybridized carbons (Fsp3) is 0.0588. The minimum Gasteiger partial charge on any atom is -0.332 e. The molecule has 104 valence electrons. The van der Waals surface area contributed by atoms with E-state index < -0.39 is 0 Å². The number of nitrogens with zero attached hydrogens (tertiary/aromatic N) is 1. The predicted octanol–water partition coefficient (Wildman–Crippen LogP) is 2.82. The van der Waals surface area contributed by atoms with Crippen molar-refractivity contribution in [3.63, 3.8) is 0 Å². The first kappa shape index (κ1) is 13.1. The van der Waals surface area contributed by atoms with E-state index in [0.29, 0.717) is 23.6 Å². The van der Waals surface area contributed by atoms with Crippen LogP contribution < -0.4 is 10.6 Å². The fourth-order valence-corrected chi connectivity index (χ4v) is 2.06. The van der Waals surface area contributed by atoms with Gasteiger partial charge < -0.3 is 10.6 Å². The van der Waals surface area contributed by atoms with E-state index in [1.54, 1.807) is 6.20 Å². The molecule has 1 heterocycles. The number of Topliss-reactive ketones (excluding diaryl/α,β-unsaturated/α-hetero) is 1. The van der Waals surface area contributed by atoms with Crippen LogP contribution in [0.15, 0.2) is 77.4 Å². The minimum atomic E-state index is 0.00520. The van der Waals surface area contributed by atoms with Crippen molar-refractivity contribution < 1.29 is 4.79 Å². The van der Waals surface area contributed by atoms with Crippen LogP contribution in [0.3, 0.4) is 0 Å². The number of anilines is 1. The fourth-order valence-electron chi connectivity index (χ4n) is 2.06. The molecule has 0 saturated carbocycles. The summed E-state index contributed by atoms with van der Waals surface area (Å²) in [6.07, 6.45) is 1.72. The first-order valence-corrected chi connectivity index (χ1v) is 6.75. The standard InChI is InChI=1S/C17H15N3O/c21-16(13-7-3-1-4-8-13)14-11-18-17(19-12-14)20-15-9-5-2-6-10-15/h1-11H,12H2,(H2,18,19,20). The third-order valence-electron chi connectivity index (χ3n) is 3.15. The smallest absolute Gasteiger partial charge is 0.200 e. The highest BCUT2D eigenvalue weighted by Gasteiger charge is 2.15. The quantitative estimate of drug-likeness (QED) is 0.848. The van der Waals surface area contributed by atoms with Gasteiger partial charge in [-0.15, -0.1) is 0 Å². The lowest BCUT2D eigenvalue weighted by Gasteiger charge is -2.15. The molecule has 0 saturated heterocycles. The van der Waals surface area contributed by atoms with Crippen molar-refractivity contribution in [1.29, 1.82) is 0 Å². The number of hydrogen-bond acceptors (Lipinski definition) is 4. The Morgan fingerprint density at radius 2 is 1.67 bits per heavy atom. The Morgan fingerprint density at radius 1 is 1.00 bits per heavy atom. The van der Waals surface area contributed by atoms with Gasteiger partial charge in [0.05, 0.1) is 6.54 Å². The predicted molar refractivity (Wildman–Crippen MR) is 84.4 cm³/mol. The summed E-state index contributed by atoms with van der Waals surface area (Å²) >= 11 is 0. The van der Waals surface area contributed by atoms with Gasteiger partial charge in [0.2, 0.25) is 0 Å². The Balaban J connectivity index is 1.65. The van der Waals surface area contributed by atoms with Gasteiger partial charge in [-0.1, -0.05) is 48.5 Å². The summed E-state index contributed by atoms with van der Waals surface area (Å²) in [5.41, 5.74) is 2.29. The highest BCUT2D eigenvalue weighted by molar-refractivity contribution is 6.10. The maximum atomic E-state index is 12.3. The topological polar surface area (TPSA) is 53.5 Å². The van der Waals surface area contributed by atoms with Crippen molar-refractivity contribution >= 4 is 17.4 Å². The average molecular weight is 277 g/mol. The maximum absolute atomic E-state index is 12.3. The van der Waals surface area contributed by atoms with E-state index in [4.69, 9.17) is 0 Å². The molecule has 4 nitrogen and oxygen atoms in total. The number of nitrogens with one attached hydrogen (secondary N) is 2. The molecular formula is C17H15N3O. The van der Waals surface area contributed by atoms with Crippen LogP contribution in [-0.4, -0.2) is 18.3 Å². The first-order chi connectivity index (χ1) is 10.3. The molecule has 0 spiro atoms. The molecule has 21 heavy (non-hydrogen) atoms. The number of para-hydroxylation sites is 1. The Hall–Kier alpha value is -2.88. The highest BCUT2D eigenvalue weighted by Crippen LogP contribution is 2.11. The van der Waals surface area contributed by atoms with Gasteiger partial charge in [0.15, 0.2) is 11.7 Å². The summed E-state index contributed by atoms with van der Waals surface area (Å²) in [4.78, 5) is 16.6. The molecule has 0 bridgehead atoms. The molecule has 4 heteroatoms. The van der Waals surface area contributed by atoms with Gasteiger partial charge in [0.1, 0.15) is 0 Å². The average Bonchev–Trinajstić information content (AvgIpc) is 2.57. The van der Waals surface area contributed by atoms with Crippen LogP contribution in [0.2, 0.25) is 0 Å². The van der Waals surface area contributed by atoms with Gasteiger partial charge in [-0.3, -0.25) is 4.79 Å². The van der Waals surface area contributed by atoms with E-state index in [1.807, 2.05) is 60.7 Å². The Morgan fingerprint density at radius 3 is 2.29 bits per heavy atom. The lowest BCUT2D eigenvalue weighted by atomic mass is 10.0. The zero-order chi connectivity index (χ0) is 14.5. The number of carbonyl (C=O) groups is 1. The maximum Gasteiger partial charge on any atom is 0.200 e. The van der Waals surface area contributed by atoms with Crippen molar-refractivity contribution in [1.82, 2.24) is 5.32 Å². The monoisotopic (exact) mass is 277 g/mol. The van der Waals surface area contributed by atoms with E-state index in [0.717, 1.165) is 5.69 Å². The number of carbonyl (C=O) groups excluding carboxylic acids is 1. The molecular weight excluding hydrogens is 262 g/mol. The van der Waals surface area contributed by atoms with E-state index in [2.05, 4.69) is 15.6 Å². The largest absolute Gasteiger partial charge is 0.332 e. The molecule has 0 radical (unpaired) electrons. The van der Waals surface area contributed by atoms with E-state index >= 15 is 0 Å². The second-order valence-electron chi connectivity index (χ2n) is 4.66. The molecule has 2 aromatic rings. The van der Waals surface area contributed by atoms with E-state index in [9.17, 15) is 4.79 Å². The number of benzene rings is 2. The van der Waals surface area contributed by atoms with Crippen molar-refractivity contribution in [2.75, 3.05) is 11.9 Å². The van der Waals surface area contributed by atoms with Gasteiger partial charge in [-0.25, -0.2) is 4.99 Å². The summed E-state index contributed by atoms with van der Waals surface area (Å²) in [6.45, 7) is 0.371. The Labute approximate surface area is 123 Å². The van der Waals surface area contributed by atoms with Crippen LogP contribution >= 0.6 is 0 Å². The van der Waals surface area contributed by atoms with Crippen LogP contribution in [0, 0.1) is 0 Å². The SMILES string of the molecule is O=C(C1=CNC(Nc2ccccc2)=NC1)c1ccccc1. The number of aliphatic imine (C=N–C) groups is 1. The highest BCUT2D eigenvalue weighted by atomic mass is 16.1. The van der Waals surface area contributed by atoms with Crippen LogP contribution in [0.25, 0.3) is 0 Å². The second-order valence-corrected chi connectivity index (χ2v) is 4.66. The summed E-state index contributed by atoms with van der Waals surface area (Å²) in [7, 11) is 0. The lowest BCUT2D eigenvalue weighted by Crippen LogP contribution is -2.31. The van der Waals surface area contributed by atoms with Crippen LogP contribution in [0.4, 0.5) is 5.69 Å². The van der Waals surface area contributed by atoms with E-state index in [1.165, 1.54) is 0 Å².